The molecular formula is C21H37N5O. The van der Waals surface area contributed by atoms with Crippen molar-refractivity contribution in [2.45, 2.75) is 46.3 Å². The Balaban J connectivity index is 1.92. The first-order valence-corrected chi connectivity index (χ1v) is 10.1. The molecule has 27 heavy (non-hydrogen) atoms. The minimum absolute atomic E-state index is 0.135. The molecule has 1 aliphatic heterocycles. The van der Waals surface area contributed by atoms with E-state index in [1.807, 2.05) is 0 Å². The Morgan fingerprint density at radius 2 is 1.78 bits per heavy atom. The molecule has 6 heteroatoms. The number of hydrogen-bond donors (Lipinski definition) is 3. The van der Waals surface area contributed by atoms with E-state index in [9.17, 15) is 0 Å². The summed E-state index contributed by atoms with van der Waals surface area (Å²) in [6.45, 7) is 16.6. The van der Waals surface area contributed by atoms with Gasteiger partial charge in [0.15, 0.2) is 5.96 Å². The Labute approximate surface area is 164 Å². The quantitative estimate of drug-likeness (QED) is 0.368. The molecule has 152 valence electrons. The highest BCUT2D eigenvalue weighted by molar-refractivity contribution is 5.79. The number of ether oxygens (including phenoxy) is 1. The second kappa shape index (κ2) is 11.3. The summed E-state index contributed by atoms with van der Waals surface area (Å²) >= 11 is 0. The third-order valence-corrected chi connectivity index (χ3v) is 4.44. The molecule has 3 N–H and O–H groups in total. The third-order valence-electron chi connectivity index (χ3n) is 4.44. The maximum absolute atomic E-state index is 5.46. The van der Waals surface area contributed by atoms with Crippen LogP contribution in [-0.2, 0) is 17.8 Å². The highest BCUT2D eigenvalue weighted by Crippen LogP contribution is 2.14. The van der Waals surface area contributed by atoms with Gasteiger partial charge in [0.2, 0.25) is 0 Å². The number of aliphatic imine (C=N–C) groups is 1. The van der Waals surface area contributed by atoms with Crippen LogP contribution in [0.2, 0.25) is 0 Å². The molecule has 0 atom stereocenters. The van der Waals surface area contributed by atoms with E-state index in [1.165, 1.54) is 11.1 Å². The summed E-state index contributed by atoms with van der Waals surface area (Å²) in [7, 11) is 0. The molecule has 0 saturated carbocycles. The summed E-state index contributed by atoms with van der Waals surface area (Å²) < 4.78 is 5.46. The molecule has 0 spiro atoms. The highest BCUT2D eigenvalue weighted by atomic mass is 16.5. The minimum Gasteiger partial charge on any atom is -0.379 e. The molecule has 1 fully saturated rings. The van der Waals surface area contributed by atoms with Gasteiger partial charge in [-0.1, -0.05) is 24.3 Å². The van der Waals surface area contributed by atoms with E-state index in [2.05, 4.69) is 72.8 Å². The van der Waals surface area contributed by atoms with Gasteiger partial charge < -0.3 is 20.7 Å². The zero-order valence-electron chi connectivity index (χ0n) is 17.5. The summed E-state index contributed by atoms with van der Waals surface area (Å²) in [5, 5.41) is 10.2. The maximum atomic E-state index is 5.46. The summed E-state index contributed by atoms with van der Waals surface area (Å²) in [5.41, 5.74) is 2.78. The lowest BCUT2D eigenvalue weighted by Gasteiger charge is -2.27. The molecule has 0 bridgehead atoms. The Hall–Kier alpha value is -1.63. The smallest absolute Gasteiger partial charge is 0.191 e. The van der Waals surface area contributed by atoms with Gasteiger partial charge in [0.1, 0.15) is 0 Å². The van der Waals surface area contributed by atoms with E-state index >= 15 is 0 Å². The SMILES string of the molecule is CCNC(=NCc1ccccc1CN1CCOCC1)NCCNC(C)(C)C. The zero-order valence-corrected chi connectivity index (χ0v) is 17.5. The number of rotatable bonds is 8. The number of nitrogens with zero attached hydrogens (tertiary/aromatic N) is 2. The van der Waals surface area contributed by atoms with Gasteiger partial charge in [-0.3, -0.25) is 4.90 Å². The first-order valence-electron chi connectivity index (χ1n) is 10.1. The van der Waals surface area contributed by atoms with Gasteiger partial charge in [-0.15, -0.1) is 0 Å². The molecule has 1 aliphatic rings. The van der Waals surface area contributed by atoms with Crippen molar-refractivity contribution >= 4 is 5.96 Å². The first-order chi connectivity index (χ1) is 13.0. The normalized spacial score (nSPS) is 16.4. The summed E-state index contributed by atoms with van der Waals surface area (Å²) in [6.07, 6.45) is 0. The number of guanidine groups is 1. The van der Waals surface area contributed by atoms with E-state index in [4.69, 9.17) is 9.73 Å². The number of benzene rings is 1. The summed E-state index contributed by atoms with van der Waals surface area (Å²) in [4.78, 5) is 7.25. The predicted molar refractivity (Wildman–Crippen MR) is 113 cm³/mol. The lowest BCUT2D eigenvalue weighted by molar-refractivity contribution is 0.0341. The van der Waals surface area contributed by atoms with Crippen molar-refractivity contribution in [1.82, 2.24) is 20.9 Å². The van der Waals surface area contributed by atoms with Gasteiger partial charge in [-0.2, -0.15) is 0 Å². The highest BCUT2D eigenvalue weighted by Gasteiger charge is 2.12. The van der Waals surface area contributed by atoms with Gasteiger partial charge in [0.05, 0.1) is 19.8 Å². The van der Waals surface area contributed by atoms with Crippen LogP contribution in [0.1, 0.15) is 38.8 Å². The van der Waals surface area contributed by atoms with Gasteiger partial charge >= 0.3 is 0 Å². The largest absolute Gasteiger partial charge is 0.379 e. The van der Waals surface area contributed by atoms with Gasteiger partial charge in [0.25, 0.3) is 0 Å². The van der Waals surface area contributed by atoms with Gasteiger partial charge in [-0.25, -0.2) is 4.99 Å². The van der Waals surface area contributed by atoms with E-state index in [0.717, 1.165) is 58.4 Å². The van der Waals surface area contributed by atoms with Crippen LogP contribution < -0.4 is 16.0 Å². The van der Waals surface area contributed by atoms with Crippen molar-refractivity contribution in [3.8, 4) is 0 Å². The van der Waals surface area contributed by atoms with Crippen molar-refractivity contribution < 1.29 is 4.74 Å². The number of hydrogen-bond acceptors (Lipinski definition) is 4. The molecule has 2 rings (SSSR count). The van der Waals surface area contributed by atoms with Crippen molar-refractivity contribution in [2.75, 3.05) is 45.9 Å². The molecule has 0 aromatic heterocycles. The average Bonchev–Trinajstić information content (AvgIpc) is 2.64. The van der Waals surface area contributed by atoms with Crippen LogP contribution in [0.5, 0.6) is 0 Å². The average molecular weight is 376 g/mol. The second-order valence-electron chi connectivity index (χ2n) is 7.96. The first kappa shape index (κ1) is 21.7. The Morgan fingerprint density at radius 3 is 2.44 bits per heavy atom. The molecular weight excluding hydrogens is 338 g/mol. The molecule has 1 aromatic carbocycles. The van der Waals surface area contributed by atoms with Crippen LogP contribution in [0, 0.1) is 0 Å². The Kier molecular flexibility index (Phi) is 9.04. The van der Waals surface area contributed by atoms with Crippen LogP contribution in [0.4, 0.5) is 0 Å². The van der Waals surface area contributed by atoms with Crippen molar-refractivity contribution in [3.63, 3.8) is 0 Å². The fraction of sp³-hybridized carbons (Fsp3) is 0.667. The fourth-order valence-electron chi connectivity index (χ4n) is 2.99. The maximum Gasteiger partial charge on any atom is 0.191 e. The van der Waals surface area contributed by atoms with E-state index < -0.39 is 0 Å². The van der Waals surface area contributed by atoms with Crippen LogP contribution >= 0.6 is 0 Å². The summed E-state index contributed by atoms with van der Waals surface area (Å²) in [5.74, 6) is 0.870. The van der Waals surface area contributed by atoms with E-state index in [0.29, 0.717) is 6.54 Å². The molecule has 1 aromatic rings. The Morgan fingerprint density at radius 1 is 1.07 bits per heavy atom. The van der Waals surface area contributed by atoms with Crippen LogP contribution in [0.15, 0.2) is 29.3 Å². The van der Waals surface area contributed by atoms with Crippen molar-refractivity contribution in [1.29, 1.82) is 0 Å². The molecule has 0 unspecified atom stereocenters. The van der Waals surface area contributed by atoms with Crippen molar-refractivity contribution in [3.05, 3.63) is 35.4 Å². The van der Waals surface area contributed by atoms with Gasteiger partial charge in [-0.05, 0) is 38.8 Å². The lowest BCUT2D eigenvalue weighted by atomic mass is 10.1. The molecule has 0 radical (unpaired) electrons. The molecule has 1 heterocycles. The second-order valence-corrected chi connectivity index (χ2v) is 7.96. The predicted octanol–water partition coefficient (Wildman–Crippen LogP) is 1.96. The van der Waals surface area contributed by atoms with Gasteiger partial charge in [0, 0.05) is 44.8 Å². The van der Waals surface area contributed by atoms with Crippen LogP contribution in [0.25, 0.3) is 0 Å². The minimum atomic E-state index is 0.135. The standard InChI is InChI=1S/C21H37N5O/c1-5-22-20(23-10-11-25-21(2,3)4)24-16-18-8-6-7-9-19(18)17-26-12-14-27-15-13-26/h6-9,25H,5,10-17H2,1-4H3,(H2,22,23,24). The van der Waals surface area contributed by atoms with E-state index in [1.54, 1.807) is 0 Å². The van der Waals surface area contributed by atoms with Crippen LogP contribution in [-0.4, -0.2) is 62.3 Å². The molecule has 0 amide bonds. The Bertz CT molecular complexity index is 576. The molecule has 6 nitrogen and oxygen atoms in total. The molecule has 0 aliphatic carbocycles. The topological polar surface area (TPSA) is 60.9 Å². The number of morpholine rings is 1. The summed E-state index contributed by atoms with van der Waals surface area (Å²) in [6, 6.07) is 8.61. The van der Waals surface area contributed by atoms with E-state index in [-0.39, 0.29) is 5.54 Å². The number of nitrogens with one attached hydrogen (secondary N) is 3. The third kappa shape index (κ3) is 8.73. The molecule has 1 saturated heterocycles. The van der Waals surface area contributed by atoms with Crippen molar-refractivity contribution in [2.24, 2.45) is 4.99 Å². The van der Waals surface area contributed by atoms with Crippen LogP contribution in [0.3, 0.4) is 0 Å². The monoisotopic (exact) mass is 375 g/mol. The zero-order chi connectivity index (χ0) is 19.5. The lowest BCUT2D eigenvalue weighted by Crippen LogP contribution is -2.44. The fourth-order valence-corrected chi connectivity index (χ4v) is 2.99.